The van der Waals surface area contributed by atoms with Crippen LogP contribution in [0.5, 0.6) is 11.5 Å². The van der Waals surface area contributed by atoms with Crippen LogP contribution in [0.15, 0.2) is 41.4 Å². The second kappa shape index (κ2) is 8.96. The van der Waals surface area contributed by atoms with Gasteiger partial charge in [-0.2, -0.15) is 0 Å². The largest absolute Gasteiger partial charge is 0.493 e. The molecule has 182 valence electrons. The summed E-state index contributed by atoms with van der Waals surface area (Å²) in [4.78, 5) is 29.2. The maximum absolute atomic E-state index is 13.3. The first-order valence-corrected chi connectivity index (χ1v) is 12.1. The number of rotatable bonds is 7. The van der Waals surface area contributed by atoms with Crippen LogP contribution in [-0.4, -0.2) is 49.2 Å². The van der Waals surface area contributed by atoms with E-state index in [9.17, 15) is 9.59 Å². The van der Waals surface area contributed by atoms with E-state index in [1.54, 1.807) is 13.2 Å². The second-order valence-corrected chi connectivity index (χ2v) is 10.4. The number of benzene rings is 1. The third-order valence-electron chi connectivity index (χ3n) is 6.08. The van der Waals surface area contributed by atoms with E-state index < -0.39 is 28.9 Å². The van der Waals surface area contributed by atoms with Crippen molar-refractivity contribution in [1.82, 2.24) is 4.90 Å². The Labute approximate surface area is 203 Å². The zero-order valence-corrected chi connectivity index (χ0v) is 20.7. The fourth-order valence-corrected chi connectivity index (χ4v) is 5.68. The standard InChI is InChI=1S/C25H31N3O5S/c1-24(2,3)33-22(29)17-14-25(23(27)30,20-6-5-11-34-20)21-16-13-19(32-10-8-26)18(31-4)12-15(16)7-9-28(17)21/h5-6,11-14,21H,7-10,26H2,1-4H3,(H2,27,30). The normalized spacial score (nSPS) is 21.4. The molecule has 4 N–H and O–H groups in total. The van der Waals surface area contributed by atoms with Gasteiger partial charge in [-0.3, -0.25) is 4.79 Å². The lowest BCUT2D eigenvalue weighted by Gasteiger charge is -2.42. The molecule has 0 aliphatic carbocycles. The van der Waals surface area contributed by atoms with Crippen molar-refractivity contribution in [1.29, 1.82) is 0 Å². The summed E-state index contributed by atoms with van der Waals surface area (Å²) >= 11 is 1.43. The van der Waals surface area contributed by atoms with Crippen LogP contribution >= 0.6 is 11.3 Å². The summed E-state index contributed by atoms with van der Waals surface area (Å²) < 4.78 is 17.1. The average Bonchev–Trinajstić information content (AvgIpc) is 3.42. The number of primary amides is 1. The van der Waals surface area contributed by atoms with E-state index in [1.807, 2.05) is 55.3 Å². The summed E-state index contributed by atoms with van der Waals surface area (Å²) in [6, 6.07) is 7.05. The molecule has 0 fully saturated rings. The van der Waals surface area contributed by atoms with E-state index >= 15 is 0 Å². The Morgan fingerprint density at radius 3 is 2.62 bits per heavy atom. The Kier molecular flexibility index (Phi) is 6.35. The first kappa shape index (κ1) is 24.1. The molecule has 2 aromatic rings. The highest BCUT2D eigenvalue weighted by Crippen LogP contribution is 2.54. The molecule has 34 heavy (non-hydrogen) atoms. The minimum Gasteiger partial charge on any atom is -0.493 e. The SMILES string of the molecule is COc1cc2c(cc1OCCN)C1N(CC2)C(C(=O)OC(C)(C)C)=CC1(C(N)=O)c1cccs1. The molecular formula is C25H31N3O5S. The number of nitrogens with zero attached hydrogens (tertiary/aromatic N) is 1. The van der Waals surface area contributed by atoms with Gasteiger partial charge in [0.15, 0.2) is 11.5 Å². The van der Waals surface area contributed by atoms with Gasteiger partial charge >= 0.3 is 5.97 Å². The van der Waals surface area contributed by atoms with Crippen molar-refractivity contribution in [2.45, 2.75) is 44.2 Å². The fourth-order valence-electron chi connectivity index (χ4n) is 4.75. The smallest absolute Gasteiger partial charge is 0.354 e. The maximum atomic E-state index is 13.3. The topological polar surface area (TPSA) is 117 Å². The summed E-state index contributed by atoms with van der Waals surface area (Å²) in [5.41, 5.74) is 12.1. The number of thiophene rings is 1. The number of amides is 1. The fraction of sp³-hybridized carbons (Fsp3) is 0.440. The highest BCUT2D eigenvalue weighted by atomic mass is 32.1. The number of nitrogens with two attached hydrogens (primary N) is 2. The summed E-state index contributed by atoms with van der Waals surface area (Å²) in [6.07, 6.45) is 2.35. The van der Waals surface area contributed by atoms with Crippen molar-refractivity contribution in [3.8, 4) is 11.5 Å². The first-order chi connectivity index (χ1) is 16.1. The minimum absolute atomic E-state index is 0.316. The van der Waals surface area contributed by atoms with Crippen LogP contribution in [0, 0.1) is 0 Å². The van der Waals surface area contributed by atoms with Crippen molar-refractivity contribution in [2.24, 2.45) is 11.5 Å². The van der Waals surface area contributed by atoms with Gasteiger partial charge < -0.3 is 30.6 Å². The lowest BCUT2D eigenvalue weighted by atomic mass is 9.73. The van der Waals surface area contributed by atoms with Crippen molar-refractivity contribution < 1.29 is 23.8 Å². The molecule has 2 aliphatic rings. The third kappa shape index (κ3) is 4.03. The lowest BCUT2D eigenvalue weighted by molar-refractivity contribution is -0.152. The molecule has 2 atom stereocenters. The first-order valence-electron chi connectivity index (χ1n) is 11.2. The van der Waals surface area contributed by atoms with Crippen LogP contribution in [-0.2, 0) is 26.2 Å². The number of hydrogen-bond donors (Lipinski definition) is 2. The molecule has 9 heteroatoms. The van der Waals surface area contributed by atoms with E-state index in [0.717, 1.165) is 16.0 Å². The van der Waals surface area contributed by atoms with Crippen LogP contribution in [0.2, 0.25) is 0 Å². The zero-order chi connectivity index (χ0) is 24.7. The molecule has 8 nitrogen and oxygen atoms in total. The Bertz CT molecular complexity index is 1120. The van der Waals surface area contributed by atoms with Gasteiger partial charge in [-0.1, -0.05) is 6.07 Å². The van der Waals surface area contributed by atoms with E-state index in [0.29, 0.717) is 43.3 Å². The van der Waals surface area contributed by atoms with Crippen LogP contribution in [0.1, 0.15) is 42.8 Å². The van der Waals surface area contributed by atoms with E-state index in [-0.39, 0.29) is 0 Å². The number of carbonyl (C=O) groups excluding carboxylic acids is 2. The molecule has 1 amide bonds. The molecular weight excluding hydrogens is 454 g/mol. The number of hydrogen-bond acceptors (Lipinski definition) is 8. The number of ether oxygens (including phenoxy) is 3. The molecule has 0 saturated carbocycles. The van der Waals surface area contributed by atoms with E-state index in [1.165, 1.54) is 11.3 Å². The number of methoxy groups -OCH3 is 1. The molecule has 1 aromatic carbocycles. The molecule has 1 aromatic heterocycles. The molecule has 0 saturated heterocycles. The summed E-state index contributed by atoms with van der Waals surface area (Å²) in [5.74, 6) is 0.119. The zero-order valence-electron chi connectivity index (χ0n) is 19.9. The molecule has 0 radical (unpaired) electrons. The maximum Gasteiger partial charge on any atom is 0.354 e. The van der Waals surface area contributed by atoms with E-state index in [4.69, 9.17) is 25.7 Å². The minimum atomic E-state index is -1.24. The molecule has 0 bridgehead atoms. The van der Waals surface area contributed by atoms with Crippen LogP contribution in [0.25, 0.3) is 0 Å². The van der Waals surface area contributed by atoms with Crippen molar-refractivity contribution in [2.75, 3.05) is 26.8 Å². The Morgan fingerprint density at radius 2 is 2.03 bits per heavy atom. The van der Waals surface area contributed by atoms with Gasteiger partial charge in [0, 0.05) is 18.0 Å². The van der Waals surface area contributed by atoms with Gasteiger partial charge in [0.1, 0.15) is 23.3 Å². The summed E-state index contributed by atoms with van der Waals surface area (Å²) in [6.45, 7) is 6.64. The number of carbonyl (C=O) groups is 2. The molecule has 2 aliphatic heterocycles. The Hall–Kier alpha value is -3.04. The molecule has 2 unspecified atom stereocenters. The Balaban J connectivity index is 1.92. The molecule has 3 heterocycles. The van der Waals surface area contributed by atoms with Gasteiger partial charge in [0.25, 0.3) is 0 Å². The van der Waals surface area contributed by atoms with Crippen LogP contribution < -0.4 is 20.9 Å². The average molecular weight is 486 g/mol. The van der Waals surface area contributed by atoms with Gasteiger partial charge in [0.05, 0.1) is 13.2 Å². The molecule has 0 spiro atoms. The highest BCUT2D eigenvalue weighted by Gasteiger charge is 2.57. The van der Waals surface area contributed by atoms with Gasteiger partial charge in [-0.25, -0.2) is 4.79 Å². The van der Waals surface area contributed by atoms with Gasteiger partial charge in [-0.15, -0.1) is 11.3 Å². The third-order valence-corrected chi connectivity index (χ3v) is 7.10. The van der Waals surface area contributed by atoms with Crippen LogP contribution in [0.4, 0.5) is 0 Å². The van der Waals surface area contributed by atoms with Crippen molar-refractivity contribution in [3.63, 3.8) is 0 Å². The van der Waals surface area contributed by atoms with E-state index in [2.05, 4.69) is 0 Å². The predicted octanol–water partition coefficient (Wildman–Crippen LogP) is 2.66. The van der Waals surface area contributed by atoms with Gasteiger partial charge in [0.2, 0.25) is 5.91 Å². The van der Waals surface area contributed by atoms with Crippen molar-refractivity contribution >= 4 is 23.2 Å². The quantitative estimate of drug-likeness (QED) is 0.579. The monoisotopic (exact) mass is 485 g/mol. The van der Waals surface area contributed by atoms with Gasteiger partial charge in [-0.05, 0) is 68.0 Å². The second-order valence-electron chi connectivity index (χ2n) is 9.43. The number of fused-ring (bicyclic) bond motifs is 3. The summed E-state index contributed by atoms with van der Waals surface area (Å²) in [7, 11) is 1.59. The van der Waals surface area contributed by atoms with Crippen LogP contribution in [0.3, 0.4) is 0 Å². The summed E-state index contributed by atoms with van der Waals surface area (Å²) in [5, 5.41) is 1.90. The van der Waals surface area contributed by atoms with Crippen molar-refractivity contribution in [3.05, 3.63) is 57.4 Å². The lowest BCUT2D eigenvalue weighted by Crippen LogP contribution is -2.48. The molecule has 4 rings (SSSR count). The predicted molar refractivity (Wildman–Crippen MR) is 130 cm³/mol. The Morgan fingerprint density at radius 1 is 1.26 bits per heavy atom. The number of esters is 1. The highest BCUT2D eigenvalue weighted by molar-refractivity contribution is 7.10.